The molecular weight excluding hydrogens is 288 g/mol. The van der Waals surface area contributed by atoms with Crippen molar-refractivity contribution in [2.45, 2.75) is 43.7 Å². The van der Waals surface area contributed by atoms with Gasteiger partial charge in [0, 0.05) is 32.9 Å². The van der Waals surface area contributed by atoms with Gasteiger partial charge in [-0.15, -0.1) is 0 Å². The van der Waals surface area contributed by atoms with Gasteiger partial charge in [0.15, 0.2) is 0 Å². The molecule has 1 rings (SSSR count). The Kier molecular flexibility index (Phi) is 5.78. The van der Waals surface area contributed by atoms with Gasteiger partial charge in [-0.2, -0.15) is 0 Å². The van der Waals surface area contributed by atoms with Crippen molar-refractivity contribution in [3.05, 3.63) is 24.3 Å². The summed E-state index contributed by atoms with van der Waals surface area (Å²) in [4.78, 5) is 0.294. The number of sulfonamides is 1. The average Bonchev–Trinajstić information content (AvgIpc) is 2.38. The zero-order valence-corrected chi connectivity index (χ0v) is 14.5. The van der Waals surface area contributed by atoms with Gasteiger partial charge in [-0.25, -0.2) is 12.7 Å². The van der Waals surface area contributed by atoms with E-state index in [2.05, 4.69) is 12.2 Å². The van der Waals surface area contributed by atoms with Gasteiger partial charge in [-0.3, -0.25) is 0 Å². The van der Waals surface area contributed by atoms with Crippen LogP contribution in [0.1, 0.15) is 27.2 Å². The Balaban J connectivity index is 2.76. The molecule has 0 radical (unpaired) electrons. The summed E-state index contributed by atoms with van der Waals surface area (Å²) in [5.41, 5.74) is 0.702. The van der Waals surface area contributed by atoms with E-state index in [1.54, 1.807) is 31.4 Å². The van der Waals surface area contributed by atoms with Crippen LogP contribution in [0.4, 0.5) is 5.69 Å². The lowest BCUT2D eigenvalue weighted by Crippen LogP contribution is -2.31. The van der Waals surface area contributed by atoms with Gasteiger partial charge in [0.05, 0.1) is 10.5 Å². The third-order valence-electron chi connectivity index (χ3n) is 3.40. The largest absolute Gasteiger partial charge is 0.382 e. The van der Waals surface area contributed by atoms with Crippen LogP contribution in [-0.4, -0.2) is 45.6 Å². The fourth-order valence-electron chi connectivity index (χ4n) is 2.09. The predicted octanol–water partition coefficient (Wildman–Crippen LogP) is 2.55. The van der Waals surface area contributed by atoms with Crippen LogP contribution in [0, 0.1) is 0 Å². The molecule has 120 valence electrons. The minimum Gasteiger partial charge on any atom is -0.382 e. The fourth-order valence-corrected chi connectivity index (χ4v) is 2.99. The summed E-state index contributed by atoms with van der Waals surface area (Å²) in [5, 5.41) is 3.35. The first-order valence-electron chi connectivity index (χ1n) is 6.93. The average molecular weight is 314 g/mol. The minimum atomic E-state index is -3.37. The first-order valence-corrected chi connectivity index (χ1v) is 8.37. The first kappa shape index (κ1) is 17.9. The summed E-state index contributed by atoms with van der Waals surface area (Å²) in [5.74, 6) is 0. The maximum atomic E-state index is 12.0. The molecule has 6 heteroatoms. The Morgan fingerprint density at radius 2 is 1.76 bits per heavy atom. The van der Waals surface area contributed by atoms with Crippen molar-refractivity contribution < 1.29 is 13.2 Å². The Morgan fingerprint density at radius 3 is 2.19 bits per heavy atom. The van der Waals surface area contributed by atoms with Crippen molar-refractivity contribution in [1.82, 2.24) is 4.31 Å². The van der Waals surface area contributed by atoms with Crippen molar-refractivity contribution in [3.8, 4) is 0 Å². The van der Waals surface area contributed by atoms with Crippen LogP contribution in [0.5, 0.6) is 0 Å². The molecule has 0 amide bonds. The number of rotatable bonds is 7. The number of hydrogen-bond acceptors (Lipinski definition) is 4. The maximum Gasteiger partial charge on any atom is 0.242 e. The van der Waals surface area contributed by atoms with Crippen molar-refractivity contribution in [2.24, 2.45) is 0 Å². The van der Waals surface area contributed by atoms with Crippen LogP contribution >= 0.6 is 0 Å². The third kappa shape index (κ3) is 4.98. The topological polar surface area (TPSA) is 58.6 Å². The highest BCUT2D eigenvalue weighted by Gasteiger charge is 2.20. The zero-order chi connectivity index (χ0) is 16.3. The second-order valence-electron chi connectivity index (χ2n) is 6.03. The van der Waals surface area contributed by atoms with Gasteiger partial charge in [-0.05, 0) is 51.5 Å². The van der Waals surface area contributed by atoms with E-state index >= 15 is 0 Å². The lowest BCUT2D eigenvalue weighted by Gasteiger charge is -2.27. The third-order valence-corrected chi connectivity index (χ3v) is 5.23. The molecule has 0 aliphatic rings. The van der Waals surface area contributed by atoms with Crippen LogP contribution < -0.4 is 5.32 Å². The zero-order valence-electron chi connectivity index (χ0n) is 13.7. The molecular formula is C15H26N2O3S. The molecule has 0 aliphatic carbocycles. The summed E-state index contributed by atoms with van der Waals surface area (Å²) in [6.07, 6.45) is 0.848. The quantitative estimate of drug-likeness (QED) is 0.840. The highest BCUT2D eigenvalue weighted by atomic mass is 32.2. The standard InChI is InChI=1S/C15H26N2O3S/c1-12(11-15(2,3)20-6)16-13-7-9-14(10-8-13)21(18,19)17(4)5/h7-10,12,16H,11H2,1-6H3. The summed E-state index contributed by atoms with van der Waals surface area (Å²) < 4.78 is 30.6. The van der Waals surface area contributed by atoms with Crippen molar-refractivity contribution >= 4 is 15.7 Å². The molecule has 1 unspecified atom stereocenters. The van der Waals surface area contributed by atoms with Gasteiger partial charge in [0.1, 0.15) is 0 Å². The normalized spacial score (nSPS) is 14.2. The van der Waals surface area contributed by atoms with Gasteiger partial charge in [-0.1, -0.05) is 0 Å². The lowest BCUT2D eigenvalue weighted by atomic mass is 10.00. The summed E-state index contributed by atoms with van der Waals surface area (Å²) >= 11 is 0. The monoisotopic (exact) mass is 314 g/mol. The Bertz CT molecular complexity index is 551. The van der Waals surface area contributed by atoms with E-state index in [0.29, 0.717) is 4.90 Å². The van der Waals surface area contributed by atoms with E-state index in [0.717, 1.165) is 12.1 Å². The van der Waals surface area contributed by atoms with Gasteiger partial charge >= 0.3 is 0 Å². The molecule has 0 aromatic heterocycles. The smallest absolute Gasteiger partial charge is 0.242 e. The van der Waals surface area contributed by atoms with Crippen LogP contribution in [0.2, 0.25) is 0 Å². The van der Waals surface area contributed by atoms with E-state index in [-0.39, 0.29) is 11.6 Å². The van der Waals surface area contributed by atoms with E-state index in [1.807, 2.05) is 13.8 Å². The number of nitrogens with zero attached hydrogens (tertiary/aromatic N) is 1. The van der Waals surface area contributed by atoms with Crippen LogP contribution in [-0.2, 0) is 14.8 Å². The molecule has 0 heterocycles. The second-order valence-corrected chi connectivity index (χ2v) is 8.18. The maximum absolute atomic E-state index is 12.0. The highest BCUT2D eigenvalue weighted by molar-refractivity contribution is 7.89. The van der Waals surface area contributed by atoms with Gasteiger partial charge < -0.3 is 10.1 Å². The number of methoxy groups -OCH3 is 1. The fraction of sp³-hybridized carbons (Fsp3) is 0.600. The lowest BCUT2D eigenvalue weighted by molar-refractivity contribution is 0.0128. The predicted molar refractivity (Wildman–Crippen MR) is 86.1 cm³/mol. The Morgan fingerprint density at radius 1 is 1.24 bits per heavy atom. The second kappa shape index (κ2) is 6.77. The number of nitrogens with one attached hydrogen (secondary N) is 1. The SMILES string of the molecule is COC(C)(C)CC(C)Nc1ccc(S(=O)(=O)N(C)C)cc1. The molecule has 1 aromatic carbocycles. The molecule has 1 aromatic rings. The van der Waals surface area contributed by atoms with Gasteiger partial charge in [0.25, 0.3) is 0 Å². The van der Waals surface area contributed by atoms with Crippen LogP contribution in [0.15, 0.2) is 29.2 Å². The summed E-state index contributed by atoms with van der Waals surface area (Å²) in [6, 6.07) is 7.02. The molecule has 0 aliphatic heterocycles. The molecule has 1 N–H and O–H groups in total. The number of anilines is 1. The van der Waals surface area contributed by atoms with E-state index in [4.69, 9.17) is 4.74 Å². The number of benzene rings is 1. The number of hydrogen-bond donors (Lipinski definition) is 1. The first-order chi connectivity index (χ1) is 9.58. The van der Waals surface area contributed by atoms with Crippen molar-refractivity contribution in [1.29, 1.82) is 0 Å². The van der Waals surface area contributed by atoms with Crippen LogP contribution in [0.3, 0.4) is 0 Å². The molecule has 0 fully saturated rings. The summed E-state index contributed by atoms with van der Waals surface area (Å²) in [6.45, 7) is 6.15. The number of ether oxygens (including phenoxy) is 1. The Hall–Kier alpha value is -1.11. The van der Waals surface area contributed by atoms with E-state index < -0.39 is 10.0 Å². The molecule has 1 atom stereocenters. The molecule has 5 nitrogen and oxygen atoms in total. The molecule has 0 saturated heterocycles. The van der Waals surface area contributed by atoms with Crippen LogP contribution in [0.25, 0.3) is 0 Å². The van der Waals surface area contributed by atoms with Gasteiger partial charge in [0.2, 0.25) is 10.0 Å². The molecule has 0 bridgehead atoms. The Labute approximate surface area is 128 Å². The molecule has 21 heavy (non-hydrogen) atoms. The molecule has 0 saturated carbocycles. The molecule has 0 spiro atoms. The van der Waals surface area contributed by atoms with Crippen molar-refractivity contribution in [2.75, 3.05) is 26.5 Å². The summed E-state index contributed by atoms with van der Waals surface area (Å²) in [7, 11) is 1.38. The van der Waals surface area contributed by atoms with E-state index in [9.17, 15) is 8.42 Å². The van der Waals surface area contributed by atoms with Crippen molar-refractivity contribution in [3.63, 3.8) is 0 Å². The van der Waals surface area contributed by atoms with E-state index in [1.165, 1.54) is 18.4 Å². The highest BCUT2D eigenvalue weighted by Crippen LogP contribution is 2.20. The minimum absolute atomic E-state index is 0.194.